The second kappa shape index (κ2) is 6.47. The van der Waals surface area contributed by atoms with E-state index in [-0.39, 0.29) is 24.6 Å². The van der Waals surface area contributed by atoms with Crippen LogP contribution < -0.4 is 5.73 Å². The number of carbonyl (C=O) groups excluding carboxylic acids is 1. The largest absolute Gasteiger partial charge is 0.481 e. The van der Waals surface area contributed by atoms with Crippen LogP contribution in [0, 0.1) is 0 Å². The van der Waals surface area contributed by atoms with Crippen molar-refractivity contribution >= 4 is 11.9 Å². The molecule has 1 rings (SSSR count). The summed E-state index contributed by atoms with van der Waals surface area (Å²) in [5.74, 6) is -1.28. The van der Waals surface area contributed by atoms with E-state index in [1.807, 2.05) is 20.8 Å². The second-order valence-corrected chi connectivity index (χ2v) is 5.43. The van der Waals surface area contributed by atoms with Crippen LogP contribution in [-0.4, -0.2) is 55.5 Å². The quantitative estimate of drug-likeness (QED) is 0.756. The molecule has 0 spiro atoms. The Hall–Kier alpha value is -1.96. The van der Waals surface area contributed by atoms with Gasteiger partial charge in [-0.05, 0) is 20.8 Å². The minimum Gasteiger partial charge on any atom is -0.481 e. The Kier molecular flexibility index (Phi) is 5.20. The van der Waals surface area contributed by atoms with E-state index in [4.69, 9.17) is 10.8 Å². The molecule has 20 heavy (non-hydrogen) atoms. The molecule has 0 saturated heterocycles. The normalized spacial score (nSPS) is 11.4. The first-order chi connectivity index (χ1) is 9.25. The molecule has 1 aromatic heterocycles. The fourth-order valence-electron chi connectivity index (χ4n) is 1.73. The lowest BCUT2D eigenvalue weighted by Gasteiger charge is -2.34. The maximum atomic E-state index is 12.4. The number of aromatic nitrogens is 3. The molecule has 1 amide bonds. The molecule has 0 unspecified atom stereocenters. The van der Waals surface area contributed by atoms with Gasteiger partial charge in [0.2, 0.25) is 0 Å². The molecule has 0 aliphatic rings. The summed E-state index contributed by atoms with van der Waals surface area (Å²) in [6.07, 6.45) is 1.41. The fourth-order valence-corrected chi connectivity index (χ4v) is 1.73. The van der Waals surface area contributed by atoms with Gasteiger partial charge in [0.05, 0.1) is 19.2 Å². The van der Waals surface area contributed by atoms with Gasteiger partial charge in [0.25, 0.3) is 5.91 Å². The van der Waals surface area contributed by atoms with Gasteiger partial charge < -0.3 is 15.7 Å². The van der Waals surface area contributed by atoms with E-state index < -0.39 is 11.5 Å². The van der Waals surface area contributed by atoms with Crippen molar-refractivity contribution in [3.05, 3.63) is 11.9 Å². The molecule has 0 fully saturated rings. The summed E-state index contributed by atoms with van der Waals surface area (Å²) in [6.45, 7) is 6.54. The van der Waals surface area contributed by atoms with Gasteiger partial charge in [0.15, 0.2) is 5.69 Å². The Morgan fingerprint density at radius 3 is 2.60 bits per heavy atom. The van der Waals surface area contributed by atoms with Gasteiger partial charge in [-0.1, -0.05) is 5.21 Å². The Balaban J connectivity index is 2.88. The van der Waals surface area contributed by atoms with E-state index in [9.17, 15) is 9.59 Å². The van der Waals surface area contributed by atoms with Crippen LogP contribution in [0.5, 0.6) is 0 Å². The maximum Gasteiger partial charge on any atom is 0.305 e. The van der Waals surface area contributed by atoms with E-state index in [1.54, 1.807) is 0 Å². The van der Waals surface area contributed by atoms with Crippen molar-refractivity contribution in [1.82, 2.24) is 19.9 Å². The van der Waals surface area contributed by atoms with Crippen molar-refractivity contribution in [3.63, 3.8) is 0 Å². The molecule has 0 saturated carbocycles. The minimum absolute atomic E-state index is 0.111. The highest BCUT2D eigenvalue weighted by molar-refractivity contribution is 5.92. The molecular formula is C12H21N5O3. The number of carbonyl (C=O) groups is 2. The Morgan fingerprint density at radius 1 is 1.45 bits per heavy atom. The number of nitrogens with two attached hydrogens (primary N) is 1. The van der Waals surface area contributed by atoms with Gasteiger partial charge in [-0.2, -0.15) is 0 Å². The van der Waals surface area contributed by atoms with Crippen molar-refractivity contribution in [2.75, 3.05) is 13.1 Å². The predicted octanol–water partition coefficient (Wildman–Crippen LogP) is -0.0478. The van der Waals surface area contributed by atoms with E-state index in [0.717, 1.165) is 0 Å². The first kappa shape index (κ1) is 16.1. The lowest BCUT2D eigenvalue weighted by Crippen LogP contribution is -2.46. The lowest BCUT2D eigenvalue weighted by atomic mass is 10.0. The average molecular weight is 283 g/mol. The first-order valence-electron chi connectivity index (χ1n) is 6.39. The number of nitrogens with zero attached hydrogens (tertiary/aromatic N) is 4. The number of rotatable bonds is 6. The van der Waals surface area contributed by atoms with Crippen molar-refractivity contribution < 1.29 is 14.7 Å². The standard InChI is InChI=1S/C12H21N5O3/c1-12(2,3)17(6-4-10(18)19)11(20)9-8-16(7-5-13)15-14-9/h8H,4-7,13H2,1-3H3,(H,18,19). The molecule has 0 aliphatic heterocycles. The Labute approximate surface area is 117 Å². The maximum absolute atomic E-state index is 12.4. The van der Waals surface area contributed by atoms with Crippen molar-refractivity contribution in [3.8, 4) is 0 Å². The van der Waals surface area contributed by atoms with Gasteiger partial charge in [-0.15, -0.1) is 5.10 Å². The number of carboxylic acid groups (broad SMARTS) is 1. The first-order valence-corrected chi connectivity index (χ1v) is 6.39. The van der Waals surface area contributed by atoms with Crippen LogP contribution in [0.4, 0.5) is 0 Å². The number of aliphatic carboxylic acids is 1. The summed E-state index contributed by atoms with van der Waals surface area (Å²) in [7, 11) is 0. The summed E-state index contributed by atoms with van der Waals surface area (Å²) < 4.78 is 1.49. The van der Waals surface area contributed by atoms with Gasteiger partial charge in [0, 0.05) is 18.6 Å². The summed E-state index contributed by atoms with van der Waals surface area (Å²) in [4.78, 5) is 24.6. The van der Waals surface area contributed by atoms with Crippen LogP contribution in [0.2, 0.25) is 0 Å². The topological polar surface area (TPSA) is 114 Å². The van der Waals surface area contributed by atoms with Gasteiger partial charge in [-0.25, -0.2) is 0 Å². The molecular weight excluding hydrogens is 262 g/mol. The molecule has 3 N–H and O–H groups in total. The molecule has 0 aliphatic carbocycles. The van der Waals surface area contributed by atoms with Crippen LogP contribution in [0.3, 0.4) is 0 Å². The predicted molar refractivity (Wildman–Crippen MR) is 72.1 cm³/mol. The second-order valence-electron chi connectivity index (χ2n) is 5.43. The zero-order valence-corrected chi connectivity index (χ0v) is 12.0. The summed E-state index contributed by atoms with van der Waals surface area (Å²) >= 11 is 0. The van der Waals surface area contributed by atoms with Crippen LogP contribution >= 0.6 is 0 Å². The molecule has 0 radical (unpaired) electrons. The zero-order chi connectivity index (χ0) is 15.3. The lowest BCUT2D eigenvalue weighted by molar-refractivity contribution is -0.137. The minimum atomic E-state index is -0.946. The number of amides is 1. The Bertz CT molecular complexity index is 478. The summed E-state index contributed by atoms with van der Waals surface area (Å²) in [5, 5.41) is 16.4. The third-order valence-corrected chi connectivity index (χ3v) is 2.72. The zero-order valence-electron chi connectivity index (χ0n) is 12.0. The Morgan fingerprint density at radius 2 is 2.10 bits per heavy atom. The molecule has 0 atom stereocenters. The average Bonchev–Trinajstić information content (AvgIpc) is 2.76. The molecule has 1 aromatic rings. The summed E-state index contributed by atoms with van der Waals surface area (Å²) in [6, 6.07) is 0. The SMILES string of the molecule is CC(C)(C)N(CCC(=O)O)C(=O)c1cn(CCN)nn1. The molecule has 0 aromatic carbocycles. The van der Waals surface area contributed by atoms with Crippen LogP contribution in [0.15, 0.2) is 6.20 Å². The number of carboxylic acids is 1. The van der Waals surface area contributed by atoms with E-state index in [0.29, 0.717) is 13.1 Å². The highest BCUT2D eigenvalue weighted by Crippen LogP contribution is 2.16. The highest BCUT2D eigenvalue weighted by Gasteiger charge is 2.29. The van der Waals surface area contributed by atoms with E-state index in [2.05, 4.69) is 10.3 Å². The molecule has 8 heteroatoms. The smallest absolute Gasteiger partial charge is 0.305 e. The number of hydrogen-bond donors (Lipinski definition) is 2. The fraction of sp³-hybridized carbons (Fsp3) is 0.667. The van der Waals surface area contributed by atoms with E-state index >= 15 is 0 Å². The molecule has 0 bridgehead atoms. The van der Waals surface area contributed by atoms with Crippen molar-refractivity contribution in [1.29, 1.82) is 0 Å². The van der Waals surface area contributed by atoms with Crippen molar-refractivity contribution in [2.45, 2.75) is 39.3 Å². The van der Waals surface area contributed by atoms with Crippen LogP contribution in [0.1, 0.15) is 37.7 Å². The third-order valence-electron chi connectivity index (χ3n) is 2.72. The number of hydrogen-bond acceptors (Lipinski definition) is 5. The van der Waals surface area contributed by atoms with Gasteiger partial charge in [-0.3, -0.25) is 14.3 Å². The van der Waals surface area contributed by atoms with Gasteiger partial charge in [0.1, 0.15) is 0 Å². The summed E-state index contributed by atoms with van der Waals surface area (Å²) in [5.41, 5.74) is 5.10. The molecule has 1 heterocycles. The monoisotopic (exact) mass is 283 g/mol. The van der Waals surface area contributed by atoms with Crippen molar-refractivity contribution in [2.24, 2.45) is 5.73 Å². The van der Waals surface area contributed by atoms with E-state index in [1.165, 1.54) is 15.8 Å². The van der Waals surface area contributed by atoms with Gasteiger partial charge >= 0.3 is 5.97 Å². The van der Waals surface area contributed by atoms with Crippen LogP contribution in [0.25, 0.3) is 0 Å². The molecule has 112 valence electrons. The highest BCUT2D eigenvalue weighted by atomic mass is 16.4. The third kappa shape index (κ3) is 4.30. The molecule has 8 nitrogen and oxygen atoms in total. The van der Waals surface area contributed by atoms with Crippen LogP contribution in [-0.2, 0) is 11.3 Å².